The van der Waals surface area contributed by atoms with E-state index in [0.717, 1.165) is 17.9 Å². The van der Waals surface area contributed by atoms with Crippen molar-refractivity contribution in [3.8, 4) is 0 Å². The van der Waals surface area contributed by atoms with Crippen LogP contribution in [0.3, 0.4) is 0 Å². The molecule has 114 valence electrons. The minimum Gasteiger partial charge on any atom is -0.300 e. The van der Waals surface area contributed by atoms with Crippen LogP contribution in [0.4, 0.5) is 0 Å². The number of hydrogen-bond donors (Lipinski definition) is 0. The fourth-order valence-corrected chi connectivity index (χ4v) is 3.67. The molecule has 3 nitrogen and oxygen atoms in total. The Kier molecular flexibility index (Phi) is 4.29. The summed E-state index contributed by atoms with van der Waals surface area (Å²) in [6.45, 7) is 9.54. The summed E-state index contributed by atoms with van der Waals surface area (Å²) in [6.07, 6.45) is 7.83. The molecule has 0 amide bonds. The van der Waals surface area contributed by atoms with Gasteiger partial charge < -0.3 is 4.90 Å². The van der Waals surface area contributed by atoms with E-state index in [1.54, 1.807) is 0 Å². The molecule has 0 unspecified atom stereocenters. The predicted octanol–water partition coefficient (Wildman–Crippen LogP) is 3.63. The molecule has 1 aliphatic heterocycles. The third-order valence-corrected chi connectivity index (χ3v) is 4.71. The summed E-state index contributed by atoms with van der Waals surface area (Å²) in [5, 5.41) is 4.27. The quantitative estimate of drug-likeness (QED) is 0.855. The molecule has 3 heteroatoms. The number of rotatable bonds is 4. The van der Waals surface area contributed by atoms with Crippen molar-refractivity contribution in [1.82, 2.24) is 14.5 Å². The van der Waals surface area contributed by atoms with E-state index in [1.165, 1.54) is 43.4 Å². The third-order valence-electron chi connectivity index (χ3n) is 4.71. The van der Waals surface area contributed by atoms with Crippen molar-refractivity contribution in [3.63, 3.8) is 0 Å². The maximum atomic E-state index is 4.27. The van der Waals surface area contributed by atoms with Crippen LogP contribution in [0.25, 0.3) is 5.52 Å². The van der Waals surface area contributed by atoms with Gasteiger partial charge in [0.15, 0.2) is 0 Å². The summed E-state index contributed by atoms with van der Waals surface area (Å²) in [5.41, 5.74) is 2.66. The molecule has 2 atom stereocenters. The first-order valence-electron chi connectivity index (χ1n) is 8.28. The van der Waals surface area contributed by atoms with Crippen LogP contribution >= 0.6 is 0 Å². The number of fused-ring (bicyclic) bond motifs is 1. The molecule has 0 aliphatic carbocycles. The van der Waals surface area contributed by atoms with Crippen molar-refractivity contribution in [2.45, 2.75) is 46.1 Å². The van der Waals surface area contributed by atoms with Crippen LogP contribution in [0.2, 0.25) is 0 Å². The lowest BCUT2D eigenvalue weighted by molar-refractivity contribution is 0.110. The molecule has 0 bridgehead atoms. The normalized spacial score (nSPS) is 24.0. The number of nitrogens with zero attached hydrogens (tertiary/aromatic N) is 3. The van der Waals surface area contributed by atoms with E-state index < -0.39 is 0 Å². The molecule has 0 aromatic carbocycles. The Balaban J connectivity index is 1.61. The van der Waals surface area contributed by atoms with Crippen LogP contribution in [0.15, 0.2) is 30.6 Å². The van der Waals surface area contributed by atoms with Gasteiger partial charge in [-0.1, -0.05) is 13.8 Å². The minimum absolute atomic E-state index is 0.727. The zero-order valence-corrected chi connectivity index (χ0v) is 13.5. The van der Waals surface area contributed by atoms with Crippen LogP contribution in [-0.2, 0) is 6.42 Å². The molecule has 3 rings (SSSR count). The molecule has 21 heavy (non-hydrogen) atoms. The smallest absolute Gasteiger partial charge is 0.0664 e. The lowest BCUT2D eigenvalue weighted by Gasteiger charge is -2.38. The first-order valence-corrected chi connectivity index (χ1v) is 8.28. The number of hydrogen-bond acceptors (Lipinski definition) is 2. The van der Waals surface area contributed by atoms with Crippen LogP contribution in [0, 0.1) is 11.8 Å². The minimum atomic E-state index is 0.727. The second-order valence-corrected chi connectivity index (χ2v) is 7.07. The third kappa shape index (κ3) is 3.46. The van der Waals surface area contributed by atoms with Crippen molar-refractivity contribution >= 4 is 5.52 Å². The highest BCUT2D eigenvalue weighted by atomic mass is 15.2. The molecular formula is C18H27N3. The average Bonchev–Trinajstić information content (AvgIpc) is 2.89. The number of pyridine rings is 1. The van der Waals surface area contributed by atoms with E-state index in [9.17, 15) is 0 Å². The van der Waals surface area contributed by atoms with Crippen LogP contribution in [0.5, 0.6) is 0 Å². The summed E-state index contributed by atoms with van der Waals surface area (Å²) in [6, 6.07) is 7.32. The molecule has 0 saturated carbocycles. The van der Waals surface area contributed by atoms with E-state index in [1.807, 2.05) is 10.7 Å². The standard InChI is InChI=1S/C18H27N3/c1-14(2)13-20-8-5-16(10-15(20)3)11-17-6-9-21-18(12-17)4-7-19-21/h4,6-7,9,12,14-16H,5,8,10-11,13H2,1-3H3/t15-,16+/m0/s1. The highest BCUT2D eigenvalue weighted by Crippen LogP contribution is 2.26. The fraction of sp³-hybridized carbons (Fsp3) is 0.611. The summed E-state index contributed by atoms with van der Waals surface area (Å²) in [5.74, 6) is 1.60. The van der Waals surface area contributed by atoms with Gasteiger partial charge in [-0.05, 0) is 68.3 Å². The lowest BCUT2D eigenvalue weighted by atomic mass is 9.86. The Labute approximate surface area is 128 Å². The van der Waals surface area contributed by atoms with Gasteiger partial charge in [0.05, 0.1) is 5.52 Å². The monoisotopic (exact) mass is 285 g/mol. The number of likely N-dealkylation sites (tertiary alicyclic amines) is 1. The topological polar surface area (TPSA) is 20.5 Å². The van der Waals surface area contributed by atoms with E-state index in [-0.39, 0.29) is 0 Å². The molecule has 2 aromatic heterocycles. The number of piperidine rings is 1. The highest BCUT2D eigenvalue weighted by Gasteiger charge is 2.25. The van der Waals surface area contributed by atoms with Gasteiger partial charge in [-0.2, -0.15) is 5.10 Å². The van der Waals surface area contributed by atoms with Crippen LogP contribution < -0.4 is 0 Å². The molecular weight excluding hydrogens is 258 g/mol. The van der Waals surface area contributed by atoms with Gasteiger partial charge in [0, 0.05) is 25.0 Å². The Morgan fingerprint density at radius 1 is 1.33 bits per heavy atom. The SMILES string of the molecule is CC(C)CN1CC[C@@H](Cc2ccn3nccc3c2)C[C@@H]1C. The van der Waals surface area contributed by atoms with Crippen molar-refractivity contribution in [1.29, 1.82) is 0 Å². The van der Waals surface area contributed by atoms with Gasteiger partial charge in [-0.15, -0.1) is 0 Å². The molecule has 0 spiro atoms. The van der Waals surface area contributed by atoms with Crippen molar-refractivity contribution in [3.05, 3.63) is 36.2 Å². The van der Waals surface area contributed by atoms with E-state index in [0.29, 0.717) is 0 Å². The van der Waals surface area contributed by atoms with Gasteiger partial charge in [0.2, 0.25) is 0 Å². The number of aromatic nitrogens is 2. The van der Waals surface area contributed by atoms with E-state index >= 15 is 0 Å². The highest BCUT2D eigenvalue weighted by molar-refractivity contribution is 5.47. The maximum absolute atomic E-state index is 4.27. The lowest BCUT2D eigenvalue weighted by Crippen LogP contribution is -2.43. The Hall–Kier alpha value is -1.35. The summed E-state index contributed by atoms with van der Waals surface area (Å²) >= 11 is 0. The molecule has 1 aliphatic rings. The summed E-state index contributed by atoms with van der Waals surface area (Å²) < 4.78 is 1.94. The Morgan fingerprint density at radius 2 is 2.19 bits per heavy atom. The van der Waals surface area contributed by atoms with Gasteiger partial charge in [-0.3, -0.25) is 0 Å². The van der Waals surface area contributed by atoms with Gasteiger partial charge in [0.25, 0.3) is 0 Å². The van der Waals surface area contributed by atoms with Crippen molar-refractivity contribution < 1.29 is 0 Å². The largest absolute Gasteiger partial charge is 0.300 e. The van der Waals surface area contributed by atoms with E-state index in [2.05, 4.69) is 55.2 Å². The molecule has 0 radical (unpaired) electrons. The first kappa shape index (κ1) is 14.6. The average molecular weight is 285 g/mol. The van der Waals surface area contributed by atoms with Gasteiger partial charge in [0.1, 0.15) is 0 Å². The molecule has 2 aromatic rings. The second-order valence-electron chi connectivity index (χ2n) is 7.07. The zero-order valence-electron chi connectivity index (χ0n) is 13.5. The molecule has 0 N–H and O–H groups in total. The summed E-state index contributed by atoms with van der Waals surface area (Å²) in [4.78, 5) is 2.67. The summed E-state index contributed by atoms with van der Waals surface area (Å²) in [7, 11) is 0. The van der Waals surface area contributed by atoms with Crippen LogP contribution in [0.1, 0.15) is 39.2 Å². The molecule has 1 fully saturated rings. The molecule has 1 saturated heterocycles. The zero-order chi connectivity index (χ0) is 14.8. The Bertz CT molecular complexity index is 587. The first-order chi connectivity index (χ1) is 10.1. The van der Waals surface area contributed by atoms with Crippen molar-refractivity contribution in [2.24, 2.45) is 11.8 Å². The van der Waals surface area contributed by atoms with Gasteiger partial charge in [-0.25, -0.2) is 4.52 Å². The van der Waals surface area contributed by atoms with Gasteiger partial charge >= 0.3 is 0 Å². The second kappa shape index (κ2) is 6.18. The van der Waals surface area contributed by atoms with Crippen molar-refractivity contribution in [2.75, 3.05) is 13.1 Å². The maximum Gasteiger partial charge on any atom is 0.0664 e. The Morgan fingerprint density at radius 3 is 2.95 bits per heavy atom. The predicted molar refractivity (Wildman–Crippen MR) is 87.5 cm³/mol. The molecule has 3 heterocycles. The fourth-order valence-electron chi connectivity index (χ4n) is 3.67. The van der Waals surface area contributed by atoms with Crippen LogP contribution in [-0.4, -0.2) is 33.6 Å². The van der Waals surface area contributed by atoms with E-state index in [4.69, 9.17) is 0 Å².